The maximum absolute atomic E-state index is 10.4. The molecule has 5 heteroatoms. The van der Waals surface area contributed by atoms with E-state index in [0.29, 0.717) is 25.7 Å². The summed E-state index contributed by atoms with van der Waals surface area (Å²) in [6.45, 7) is 2.14. The summed E-state index contributed by atoms with van der Waals surface area (Å²) in [4.78, 5) is 10.4. The van der Waals surface area contributed by atoms with Gasteiger partial charge in [0, 0.05) is 18.8 Å². The molecule has 0 aliphatic heterocycles. The van der Waals surface area contributed by atoms with E-state index >= 15 is 0 Å². The van der Waals surface area contributed by atoms with Crippen LogP contribution in [0.3, 0.4) is 0 Å². The number of hydrogen-bond donors (Lipinski definition) is 4. The van der Waals surface area contributed by atoms with Crippen molar-refractivity contribution in [3.05, 3.63) is 24.3 Å². The Kier molecular flexibility index (Phi) is 10.7. The second kappa shape index (κ2) is 12.2. The van der Waals surface area contributed by atoms with Crippen LogP contribution in [0.15, 0.2) is 24.3 Å². The lowest BCUT2D eigenvalue weighted by atomic mass is 9.88. The van der Waals surface area contributed by atoms with Gasteiger partial charge >= 0.3 is 5.97 Å². The largest absolute Gasteiger partial charge is 0.481 e. The summed E-state index contributed by atoms with van der Waals surface area (Å²) < 4.78 is 0. The van der Waals surface area contributed by atoms with Crippen LogP contribution in [0.5, 0.6) is 0 Å². The molecular formula is C20H34O5. The van der Waals surface area contributed by atoms with E-state index in [1.165, 1.54) is 0 Å². The second-order valence-corrected chi connectivity index (χ2v) is 7.05. The van der Waals surface area contributed by atoms with E-state index in [-0.39, 0.29) is 18.3 Å². The third kappa shape index (κ3) is 8.66. The van der Waals surface area contributed by atoms with Crippen molar-refractivity contribution in [1.82, 2.24) is 0 Å². The predicted molar refractivity (Wildman–Crippen MR) is 98.1 cm³/mol. The van der Waals surface area contributed by atoms with E-state index in [0.717, 1.165) is 25.7 Å². The molecule has 4 N–H and O–H groups in total. The average Bonchev–Trinajstić information content (AvgIpc) is 2.82. The Balaban J connectivity index is 2.39. The van der Waals surface area contributed by atoms with E-state index in [4.69, 9.17) is 5.11 Å². The van der Waals surface area contributed by atoms with Crippen LogP contribution in [0.2, 0.25) is 0 Å². The van der Waals surface area contributed by atoms with Crippen molar-refractivity contribution in [2.75, 3.05) is 0 Å². The Morgan fingerprint density at radius 1 is 1.16 bits per heavy atom. The summed E-state index contributed by atoms with van der Waals surface area (Å²) in [5.41, 5.74) is 0. The Hall–Kier alpha value is -1.17. The van der Waals surface area contributed by atoms with Gasteiger partial charge in [-0.05, 0) is 31.6 Å². The molecule has 144 valence electrons. The van der Waals surface area contributed by atoms with Crippen LogP contribution in [0.25, 0.3) is 0 Å². The molecule has 1 saturated carbocycles. The highest BCUT2D eigenvalue weighted by molar-refractivity contribution is 5.66. The van der Waals surface area contributed by atoms with Crippen molar-refractivity contribution in [2.24, 2.45) is 11.8 Å². The molecule has 1 rings (SSSR count). The summed E-state index contributed by atoms with van der Waals surface area (Å²) in [5.74, 6) is -0.820. The Bertz CT molecular complexity index is 432. The Morgan fingerprint density at radius 2 is 1.92 bits per heavy atom. The van der Waals surface area contributed by atoms with Crippen molar-refractivity contribution in [3.63, 3.8) is 0 Å². The molecule has 0 radical (unpaired) electrons. The molecule has 0 aromatic rings. The number of aliphatic carboxylic acids is 1. The van der Waals surface area contributed by atoms with E-state index in [2.05, 4.69) is 6.92 Å². The highest BCUT2D eigenvalue weighted by Crippen LogP contribution is 2.37. The zero-order chi connectivity index (χ0) is 18.7. The first-order chi connectivity index (χ1) is 12.0. The van der Waals surface area contributed by atoms with Gasteiger partial charge in [0.2, 0.25) is 0 Å². The minimum Gasteiger partial charge on any atom is -0.481 e. The molecule has 0 heterocycles. The van der Waals surface area contributed by atoms with Crippen molar-refractivity contribution < 1.29 is 25.2 Å². The molecular weight excluding hydrogens is 320 g/mol. The monoisotopic (exact) mass is 354 g/mol. The maximum Gasteiger partial charge on any atom is 0.303 e. The molecule has 0 spiro atoms. The average molecular weight is 354 g/mol. The zero-order valence-corrected chi connectivity index (χ0v) is 15.3. The van der Waals surface area contributed by atoms with Gasteiger partial charge in [0.15, 0.2) is 0 Å². The number of carboxylic acid groups (broad SMARTS) is 1. The van der Waals surface area contributed by atoms with E-state index < -0.39 is 24.3 Å². The molecule has 5 unspecified atom stereocenters. The molecule has 25 heavy (non-hydrogen) atoms. The molecule has 5 nitrogen and oxygen atoms in total. The van der Waals surface area contributed by atoms with Crippen LogP contribution >= 0.6 is 0 Å². The lowest BCUT2D eigenvalue weighted by Gasteiger charge is -2.21. The first kappa shape index (κ1) is 21.9. The number of allylic oxidation sites excluding steroid dienone is 1. The fourth-order valence-corrected chi connectivity index (χ4v) is 3.47. The van der Waals surface area contributed by atoms with Gasteiger partial charge in [0.25, 0.3) is 0 Å². The fourth-order valence-electron chi connectivity index (χ4n) is 3.47. The number of hydrogen-bond acceptors (Lipinski definition) is 4. The molecule has 1 aliphatic rings. The van der Waals surface area contributed by atoms with Crippen molar-refractivity contribution >= 4 is 5.97 Å². The maximum atomic E-state index is 10.4. The van der Waals surface area contributed by atoms with Crippen molar-refractivity contribution in [1.29, 1.82) is 0 Å². The third-order valence-electron chi connectivity index (χ3n) is 4.92. The molecule has 0 aromatic carbocycles. The normalized spacial score (nSPS) is 28.2. The predicted octanol–water partition coefficient (Wildman–Crippen LogP) is 3.04. The smallest absolute Gasteiger partial charge is 0.303 e. The van der Waals surface area contributed by atoms with E-state index in [1.807, 2.05) is 18.2 Å². The van der Waals surface area contributed by atoms with Crippen LogP contribution in [0, 0.1) is 11.8 Å². The molecule has 5 atom stereocenters. The Labute approximate surface area is 151 Å². The van der Waals surface area contributed by atoms with E-state index in [1.54, 1.807) is 6.08 Å². The van der Waals surface area contributed by atoms with Gasteiger partial charge < -0.3 is 20.4 Å². The lowest BCUT2D eigenvalue weighted by Crippen LogP contribution is -2.21. The molecule has 0 saturated heterocycles. The quantitative estimate of drug-likeness (QED) is 0.319. The van der Waals surface area contributed by atoms with Crippen LogP contribution in [-0.4, -0.2) is 44.7 Å². The number of rotatable bonds is 12. The Morgan fingerprint density at radius 3 is 2.60 bits per heavy atom. The summed E-state index contributed by atoms with van der Waals surface area (Å²) in [7, 11) is 0. The van der Waals surface area contributed by atoms with Crippen molar-refractivity contribution in [2.45, 2.75) is 83.0 Å². The third-order valence-corrected chi connectivity index (χ3v) is 4.92. The van der Waals surface area contributed by atoms with Gasteiger partial charge in [0.05, 0.1) is 18.3 Å². The van der Waals surface area contributed by atoms with Gasteiger partial charge in [-0.1, -0.05) is 50.5 Å². The van der Waals surface area contributed by atoms with Gasteiger partial charge in [-0.25, -0.2) is 0 Å². The summed E-state index contributed by atoms with van der Waals surface area (Å²) in [5, 5.41) is 38.9. The topological polar surface area (TPSA) is 98.0 Å². The van der Waals surface area contributed by atoms with Crippen LogP contribution in [0.1, 0.15) is 64.7 Å². The SMILES string of the molecule is CCCCCC1C(O)CC(O)C1C=CC(O)C/C=C\CCCC(=O)O. The number of carbonyl (C=O) groups is 1. The number of aliphatic hydroxyl groups is 3. The summed E-state index contributed by atoms with van der Waals surface area (Å²) in [6.07, 6.45) is 12.2. The minimum absolute atomic E-state index is 0.0663. The first-order valence-corrected chi connectivity index (χ1v) is 9.55. The van der Waals surface area contributed by atoms with E-state index in [9.17, 15) is 20.1 Å². The number of carboxylic acids is 1. The minimum atomic E-state index is -0.790. The molecule has 0 bridgehead atoms. The van der Waals surface area contributed by atoms with Crippen LogP contribution in [0.4, 0.5) is 0 Å². The molecule has 0 aromatic heterocycles. The number of aliphatic hydroxyl groups excluding tert-OH is 3. The first-order valence-electron chi connectivity index (χ1n) is 9.55. The fraction of sp³-hybridized carbons (Fsp3) is 0.750. The highest BCUT2D eigenvalue weighted by Gasteiger charge is 2.39. The lowest BCUT2D eigenvalue weighted by molar-refractivity contribution is -0.137. The van der Waals surface area contributed by atoms with Gasteiger partial charge in [-0.2, -0.15) is 0 Å². The molecule has 1 aliphatic carbocycles. The highest BCUT2D eigenvalue weighted by atomic mass is 16.4. The van der Waals surface area contributed by atoms with Crippen LogP contribution < -0.4 is 0 Å². The molecule has 1 fully saturated rings. The van der Waals surface area contributed by atoms with Gasteiger partial charge in [-0.3, -0.25) is 4.79 Å². The summed E-state index contributed by atoms with van der Waals surface area (Å²) in [6, 6.07) is 0. The number of unbranched alkanes of at least 4 members (excludes halogenated alkanes) is 3. The summed E-state index contributed by atoms with van der Waals surface area (Å²) >= 11 is 0. The van der Waals surface area contributed by atoms with Gasteiger partial charge in [0.1, 0.15) is 0 Å². The standard InChI is InChI=1S/C20H34O5/c1-2-3-6-10-16-17(19(23)14-18(16)22)13-12-15(21)9-7-4-5-8-11-20(24)25/h4,7,12-13,15-19,21-23H,2-3,5-6,8-11,14H2,1H3,(H,24,25)/b7-4-,13-12?. The van der Waals surface area contributed by atoms with Crippen LogP contribution in [-0.2, 0) is 4.79 Å². The molecule has 0 amide bonds. The van der Waals surface area contributed by atoms with Crippen molar-refractivity contribution in [3.8, 4) is 0 Å². The zero-order valence-electron chi connectivity index (χ0n) is 15.3. The van der Waals surface area contributed by atoms with Gasteiger partial charge in [-0.15, -0.1) is 0 Å². The second-order valence-electron chi connectivity index (χ2n) is 7.05.